The van der Waals surface area contributed by atoms with Crippen LogP contribution in [0.4, 0.5) is 0 Å². The molecule has 3 aromatic rings. The fourth-order valence-corrected chi connectivity index (χ4v) is 2.70. The lowest BCUT2D eigenvalue weighted by atomic mass is 10.1. The summed E-state index contributed by atoms with van der Waals surface area (Å²) >= 11 is 0. The molecule has 0 saturated carbocycles. The fourth-order valence-electron chi connectivity index (χ4n) is 2.70. The predicted octanol–water partition coefficient (Wildman–Crippen LogP) is 1.41. The molecule has 136 valence electrons. The Morgan fingerprint density at radius 1 is 1.12 bits per heavy atom. The van der Waals surface area contributed by atoms with Crippen LogP contribution in [-0.4, -0.2) is 37.6 Å². The van der Waals surface area contributed by atoms with Crippen LogP contribution in [0.25, 0.3) is 0 Å². The third kappa shape index (κ3) is 4.47. The first-order chi connectivity index (χ1) is 12.8. The van der Waals surface area contributed by atoms with Gasteiger partial charge in [0.25, 0.3) is 0 Å². The summed E-state index contributed by atoms with van der Waals surface area (Å²) < 4.78 is 3.92. The molecule has 1 aromatic carbocycles. The Bertz CT molecular complexity index is 835. The summed E-state index contributed by atoms with van der Waals surface area (Å²) in [5.41, 5.74) is 2.44. The number of hydrogen-bond donors (Lipinski definition) is 2. The van der Waals surface area contributed by atoms with Crippen molar-refractivity contribution in [1.82, 2.24) is 35.2 Å². The van der Waals surface area contributed by atoms with E-state index in [9.17, 15) is 0 Å². The first-order valence-corrected chi connectivity index (χ1v) is 8.65. The second-order valence-electron chi connectivity index (χ2n) is 5.78. The van der Waals surface area contributed by atoms with Crippen molar-refractivity contribution in [2.45, 2.75) is 33.1 Å². The highest BCUT2D eigenvalue weighted by molar-refractivity contribution is 5.79. The number of rotatable bonds is 7. The van der Waals surface area contributed by atoms with E-state index in [0.717, 1.165) is 24.9 Å². The summed E-state index contributed by atoms with van der Waals surface area (Å²) in [6.07, 6.45) is 5.50. The number of guanidine groups is 1. The van der Waals surface area contributed by atoms with Crippen LogP contribution < -0.4 is 10.6 Å². The Morgan fingerprint density at radius 2 is 1.92 bits per heavy atom. The number of hydrogen-bond acceptors (Lipinski definition) is 4. The van der Waals surface area contributed by atoms with Crippen LogP contribution in [0, 0.1) is 0 Å². The van der Waals surface area contributed by atoms with Gasteiger partial charge in [0, 0.05) is 32.5 Å². The molecule has 0 radical (unpaired) electrons. The molecule has 0 aliphatic carbocycles. The van der Waals surface area contributed by atoms with Crippen molar-refractivity contribution in [2.75, 3.05) is 7.05 Å². The highest BCUT2D eigenvalue weighted by atomic mass is 15.3. The lowest BCUT2D eigenvalue weighted by molar-refractivity contribution is 0.665. The normalized spacial score (nSPS) is 11.5. The lowest BCUT2D eigenvalue weighted by Gasteiger charge is -2.14. The molecule has 0 aliphatic rings. The van der Waals surface area contributed by atoms with E-state index >= 15 is 0 Å². The van der Waals surface area contributed by atoms with Crippen LogP contribution in [-0.2, 0) is 26.2 Å². The van der Waals surface area contributed by atoms with Crippen molar-refractivity contribution >= 4 is 5.96 Å². The van der Waals surface area contributed by atoms with Crippen molar-refractivity contribution in [2.24, 2.45) is 4.99 Å². The number of nitrogens with zero attached hydrogens (tertiary/aromatic N) is 6. The topological polar surface area (TPSA) is 85.0 Å². The molecule has 0 unspecified atom stereocenters. The second-order valence-corrected chi connectivity index (χ2v) is 5.78. The van der Waals surface area contributed by atoms with E-state index in [1.165, 1.54) is 11.1 Å². The van der Waals surface area contributed by atoms with E-state index in [1.807, 2.05) is 33.6 Å². The minimum Gasteiger partial charge on any atom is -0.352 e. The zero-order chi connectivity index (χ0) is 18.2. The number of nitrogens with one attached hydrogen (secondary N) is 2. The summed E-state index contributed by atoms with van der Waals surface area (Å²) in [6.45, 7) is 4.91. The number of aromatic nitrogens is 5. The molecule has 2 N–H and O–H groups in total. The molecule has 8 heteroatoms. The van der Waals surface area contributed by atoms with E-state index < -0.39 is 0 Å². The van der Waals surface area contributed by atoms with Crippen molar-refractivity contribution in [3.8, 4) is 0 Å². The number of aliphatic imine (C=N–C) groups is 1. The Balaban J connectivity index is 1.59. The van der Waals surface area contributed by atoms with Crippen LogP contribution >= 0.6 is 0 Å². The summed E-state index contributed by atoms with van der Waals surface area (Å²) in [4.78, 5) is 4.28. The van der Waals surface area contributed by atoms with E-state index in [0.29, 0.717) is 13.1 Å². The Hall–Kier alpha value is -3.16. The molecular weight excluding hydrogens is 328 g/mol. The smallest absolute Gasteiger partial charge is 0.191 e. The molecule has 0 bridgehead atoms. The quantitative estimate of drug-likeness (QED) is 0.496. The van der Waals surface area contributed by atoms with Gasteiger partial charge in [-0.1, -0.05) is 24.3 Å². The maximum absolute atomic E-state index is 4.28. The fraction of sp³-hybridized carbons (Fsp3) is 0.333. The van der Waals surface area contributed by atoms with Gasteiger partial charge in [0.15, 0.2) is 11.8 Å². The molecule has 26 heavy (non-hydrogen) atoms. The van der Waals surface area contributed by atoms with Gasteiger partial charge in [-0.25, -0.2) is 0 Å². The lowest BCUT2D eigenvalue weighted by Crippen LogP contribution is -2.37. The maximum Gasteiger partial charge on any atom is 0.191 e. The number of benzene rings is 1. The molecule has 3 rings (SSSR count). The molecule has 0 spiro atoms. The SMILES string of the molecule is CCn1cnnc1CNC(=NC)NCc1ccccc1Cn1cccn1. The standard InChI is InChI=1S/C18H24N8/c1-3-25-14-22-24-17(25)12-21-18(19-2)20-11-15-7-4-5-8-16(15)13-26-10-6-9-23-26/h4-10,14H,3,11-13H2,1-2H3,(H2,19,20,21). The Kier molecular flexibility index (Phi) is 5.97. The van der Waals surface area contributed by atoms with Gasteiger partial charge in [-0.05, 0) is 24.1 Å². The molecule has 0 aliphatic heterocycles. The monoisotopic (exact) mass is 352 g/mol. The second kappa shape index (κ2) is 8.80. The van der Waals surface area contributed by atoms with Crippen molar-refractivity contribution < 1.29 is 0 Å². The highest BCUT2D eigenvalue weighted by Gasteiger charge is 2.06. The largest absolute Gasteiger partial charge is 0.352 e. The first kappa shape index (κ1) is 17.7. The maximum atomic E-state index is 4.28. The van der Waals surface area contributed by atoms with Gasteiger partial charge in [-0.2, -0.15) is 5.10 Å². The van der Waals surface area contributed by atoms with E-state index in [1.54, 1.807) is 19.6 Å². The van der Waals surface area contributed by atoms with Gasteiger partial charge >= 0.3 is 0 Å². The minimum absolute atomic E-state index is 0.572. The summed E-state index contributed by atoms with van der Waals surface area (Å²) in [7, 11) is 1.76. The third-order valence-electron chi connectivity index (χ3n) is 4.13. The number of aryl methyl sites for hydroxylation is 1. The summed E-state index contributed by atoms with van der Waals surface area (Å²) in [5, 5.41) is 19.0. The zero-order valence-electron chi connectivity index (χ0n) is 15.1. The van der Waals surface area contributed by atoms with Gasteiger partial charge in [0.05, 0.1) is 13.1 Å². The van der Waals surface area contributed by atoms with E-state index in [-0.39, 0.29) is 0 Å². The van der Waals surface area contributed by atoms with E-state index in [4.69, 9.17) is 0 Å². The molecule has 0 fully saturated rings. The van der Waals surface area contributed by atoms with Gasteiger partial charge < -0.3 is 15.2 Å². The average Bonchev–Trinajstić information content (AvgIpc) is 3.34. The Labute approximate surface area is 153 Å². The molecule has 0 atom stereocenters. The van der Waals surface area contributed by atoms with Crippen molar-refractivity contribution in [3.63, 3.8) is 0 Å². The highest BCUT2D eigenvalue weighted by Crippen LogP contribution is 2.10. The predicted molar refractivity (Wildman–Crippen MR) is 101 cm³/mol. The molecular formula is C18H24N8. The van der Waals surface area contributed by atoms with Crippen LogP contribution in [0.2, 0.25) is 0 Å². The average molecular weight is 352 g/mol. The zero-order valence-corrected chi connectivity index (χ0v) is 15.1. The van der Waals surface area contributed by atoms with E-state index in [2.05, 4.69) is 50.0 Å². The molecule has 2 heterocycles. The van der Waals surface area contributed by atoms with Crippen molar-refractivity contribution in [3.05, 3.63) is 66.0 Å². The Morgan fingerprint density at radius 3 is 2.65 bits per heavy atom. The first-order valence-electron chi connectivity index (χ1n) is 8.65. The van der Waals surface area contributed by atoms with Crippen LogP contribution in [0.5, 0.6) is 0 Å². The van der Waals surface area contributed by atoms with Gasteiger partial charge in [-0.15, -0.1) is 10.2 Å². The molecule has 2 aromatic heterocycles. The van der Waals surface area contributed by atoms with Crippen molar-refractivity contribution in [1.29, 1.82) is 0 Å². The molecule has 8 nitrogen and oxygen atoms in total. The van der Waals surface area contributed by atoms with Gasteiger partial charge in [0.1, 0.15) is 6.33 Å². The summed E-state index contributed by atoms with van der Waals surface area (Å²) in [6, 6.07) is 10.3. The molecule has 0 saturated heterocycles. The third-order valence-corrected chi connectivity index (χ3v) is 4.13. The van der Waals surface area contributed by atoms with Gasteiger partial charge in [0.2, 0.25) is 0 Å². The van der Waals surface area contributed by atoms with Gasteiger partial charge in [-0.3, -0.25) is 9.67 Å². The molecule has 0 amide bonds. The van der Waals surface area contributed by atoms with Crippen LogP contribution in [0.15, 0.2) is 54.0 Å². The van der Waals surface area contributed by atoms with Crippen LogP contribution in [0.1, 0.15) is 23.9 Å². The van der Waals surface area contributed by atoms with Crippen LogP contribution in [0.3, 0.4) is 0 Å². The summed E-state index contributed by atoms with van der Waals surface area (Å²) in [5.74, 6) is 1.61. The minimum atomic E-state index is 0.572.